The SMILES string of the molecule is CN(C)C(=O)Sc1ccc(NC(=O)C2=Cc3cc(Cl)ccc3OC2)cc1. The Hall–Kier alpha value is -2.44. The average molecular weight is 389 g/mol. The summed E-state index contributed by atoms with van der Waals surface area (Å²) in [7, 11) is 3.41. The van der Waals surface area contributed by atoms with E-state index in [9.17, 15) is 9.59 Å². The van der Waals surface area contributed by atoms with Gasteiger partial charge in [0, 0.05) is 35.3 Å². The van der Waals surface area contributed by atoms with Crippen molar-refractivity contribution in [3.05, 3.63) is 58.6 Å². The zero-order valence-corrected chi connectivity index (χ0v) is 15.9. The minimum atomic E-state index is -0.236. The molecule has 7 heteroatoms. The molecule has 1 heterocycles. The topological polar surface area (TPSA) is 58.6 Å². The van der Waals surface area contributed by atoms with E-state index in [1.165, 1.54) is 4.90 Å². The van der Waals surface area contributed by atoms with Crippen LogP contribution in [0.4, 0.5) is 10.5 Å². The first-order valence-corrected chi connectivity index (χ1v) is 9.05. The number of halogens is 1. The molecule has 0 bridgehead atoms. The number of nitrogens with zero attached hydrogens (tertiary/aromatic N) is 1. The van der Waals surface area contributed by atoms with E-state index in [0.29, 0.717) is 22.0 Å². The van der Waals surface area contributed by atoms with E-state index < -0.39 is 0 Å². The van der Waals surface area contributed by atoms with Crippen molar-refractivity contribution in [1.29, 1.82) is 0 Å². The third kappa shape index (κ3) is 4.39. The maximum Gasteiger partial charge on any atom is 0.285 e. The van der Waals surface area contributed by atoms with Crippen LogP contribution in [-0.2, 0) is 4.79 Å². The highest BCUT2D eigenvalue weighted by Crippen LogP contribution is 2.29. The highest BCUT2D eigenvalue weighted by Gasteiger charge is 2.17. The molecule has 0 aliphatic carbocycles. The van der Waals surface area contributed by atoms with Crippen LogP contribution >= 0.6 is 23.4 Å². The molecule has 1 aliphatic rings. The molecule has 0 spiro atoms. The van der Waals surface area contributed by atoms with Crippen LogP contribution in [0.3, 0.4) is 0 Å². The van der Waals surface area contributed by atoms with Crippen molar-refractivity contribution < 1.29 is 14.3 Å². The van der Waals surface area contributed by atoms with Gasteiger partial charge in [0.1, 0.15) is 12.4 Å². The van der Waals surface area contributed by atoms with Crippen LogP contribution in [-0.4, -0.2) is 36.7 Å². The first kappa shape index (κ1) is 18.4. The molecule has 0 radical (unpaired) electrons. The number of fused-ring (bicyclic) bond motifs is 1. The summed E-state index contributed by atoms with van der Waals surface area (Å²) in [5, 5.41) is 3.37. The lowest BCUT2D eigenvalue weighted by Gasteiger charge is -2.18. The van der Waals surface area contributed by atoms with Crippen LogP contribution in [0.15, 0.2) is 52.9 Å². The number of benzene rings is 2. The van der Waals surface area contributed by atoms with Gasteiger partial charge in [-0.1, -0.05) is 11.6 Å². The van der Waals surface area contributed by atoms with Crippen LogP contribution < -0.4 is 10.1 Å². The molecule has 5 nitrogen and oxygen atoms in total. The monoisotopic (exact) mass is 388 g/mol. The first-order chi connectivity index (χ1) is 12.4. The van der Waals surface area contributed by atoms with Gasteiger partial charge in [-0.3, -0.25) is 9.59 Å². The van der Waals surface area contributed by atoms with Crippen LogP contribution in [0.25, 0.3) is 6.08 Å². The minimum Gasteiger partial charge on any atom is -0.488 e. The lowest BCUT2D eigenvalue weighted by molar-refractivity contribution is -0.113. The Morgan fingerprint density at radius 3 is 2.58 bits per heavy atom. The van der Waals surface area contributed by atoms with E-state index in [2.05, 4.69) is 5.32 Å². The van der Waals surface area contributed by atoms with E-state index >= 15 is 0 Å². The number of thioether (sulfide) groups is 1. The number of hydrogen-bond donors (Lipinski definition) is 1. The minimum absolute atomic E-state index is 0.0522. The third-order valence-electron chi connectivity index (χ3n) is 3.66. The van der Waals surface area contributed by atoms with E-state index in [0.717, 1.165) is 22.2 Å². The van der Waals surface area contributed by atoms with Gasteiger partial charge in [-0.2, -0.15) is 0 Å². The molecule has 0 saturated heterocycles. The summed E-state index contributed by atoms with van der Waals surface area (Å²) in [5.74, 6) is 0.471. The average Bonchev–Trinajstić information content (AvgIpc) is 2.62. The van der Waals surface area contributed by atoms with Gasteiger partial charge in [-0.05, 0) is 60.3 Å². The van der Waals surface area contributed by atoms with Crippen LogP contribution in [0, 0.1) is 0 Å². The maximum atomic E-state index is 12.5. The Bertz CT molecular complexity index is 879. The van der Waals surface area contributed by atoms with Crippen molar-refractivity contribution >= 4 is 46.3 Å². The number of anilines is 1. The van der Waals surface area contributed by atoms with E-state index in [-0.39, 0.29) is 17.8 Å². The fourth-order valence-electron chi connectivity index (χ4n) is 2.29. The fraction of sp³-hybridized carbons (Fsp3) is 0.158. The Labute approximate surface area is 161 Å². The van der Waals surface area contributed by atoms with Crippen molar-refractivity contribution in [3.63, 3.8) is 0 Å². The van der Waals surface area contributed by atoms with E-state index in [1.807, 2.05) is 0 Å². The lowest BCUT2D eigenvalue weighted by Crippen LogP contribution is -2.21. The van der Waals surface area contributed by atoms with Gasteiger partial charge >= 0.3 is 0 Å². The largest absolute Gasteiger partial charge is 0.488 e. The molecule has 0 fully saturated rings. The second-order valence-corrected chi connectivity index (χ2v) is 7.34. The number of carbonyl (C=O) groups excluding carboxylic acids is 2. The van der Waals surface area contributed by atoms with Crippen LogP contribution in [0.2, 0.25) is 5.02 Å². The standard InChI is InChI=1S/C19H17ClN2O3S/c1-22(2)19(24)26-16-6-4-15(5-7-16)21-18(23)13-9-12-10-14(20)3-8-17(12)25-11-13/h3-10H,11H2,1-2H3,(H,21,23). The zero-order valence-electron chi connectivity index (χ0n) is 14.3. The highest BCUT2D eigenvalue weighted by atomic mass is 35.5. The molecule has 3 rings (SSSR count). The van der Waals surface area contributed by atoms with Crippen molar-refractivity contribution in [2.45, 2.75) is 4.90 Å². The molecule has 2 amide bonds. The van der Waals surface area contributed by atoms with Gasteiger partial charge in [0.05, 0.1) is 5.57 Å². The van der Waals surface area contributed by atoms with Gasteiger partial charge in [-0.25, -0.2) is 0 Å². The molecule has 2 aromatic carbocycles. The molecule has 26 heavy (non-hydrogen) atoms. The molecule has 0 aromatic heterocycles. The predicted octanol–water partition coefficient (Wildman–Crippen LogP) is 4.53. The summed E-state index contributed by atoms with van der Waals surface area (Å²) < 4.78 is 5.60. The summed E-state index contributed by atoms with van der Waals surface area (Å²) in [5.41, 5.74) is 1.94. The van der Waals surface area contributed by atoms with E-state index in [1.54, 1.807) is 62.6 Å². The Kier molecular flexibility index (Phi) is 5.54. The van der Waals surface area contributed by atoms with Gasteiger partial charge in [0.2, 0.25) is 0 Å². The summed E-state index contributed by atoms with van der Waals surface area (Å²) >= 11 is 7.12. The highest BCUT2D eigenvalue weighted by molar-refractivity contribution is 8.13. The normalized spacial score (nSPS) is 12.5. The maximum absolute atomic E-state index is 12.5. The van der Waals surface area contributed by atoms with Gasteiger partial charge in [-0.15, -0.1) is 0 Å². The van der Waals surface area contributed by atoms with Crippen LogP contribution in [0.5, 0.6) is 5.75 Å². The molecular formula is C19H17ClN2O3S. The van der Waals surface area contributed by atoms with Crippen molar-refractivity contribution in [1.82, 2.24) is 4.90 Å². The van der Waals surface area contributed by atoms with Gasteiger partial charge in [0.15, 0.2) is 0 Å². The molecule has 0 unspecified atom stereocenters. The lowest BCUT2D eigenvalue weighted by atomic mass is 10.1. The quantitative estimate of drug-likeness (QED) is 0.785. The van der Waals surface area contributed by atoms with Crippen molar-refractivity contribution in [2.24, 2.45) is 0 Å². The summed E-state index contributed by atoms with van der Waals surface area (Å²) in [4.78, 5) is 26.5. The Morgan fingerprint density at radius 2 is 1.88 bits per heavy atom. The number of rotatable bonds is 3. The second kappa shape index (κ2) is 7.85. The molecule has 0 saturated carbocycles. The number of ether oxygens (including phenoxy) is 1. The second-order valence-electron chi connectivity index (χ2n) is 5.88. The first-order valence-electron chi connectivity index (χ1n) is 7.86. The number of amides is 2. The van der Waals surface area contributed by atoms with Crippen molar-refractivity contribution in [2.75, 3.05) is 26.0 Å². The molecule has 2 aromatic rings. The number of nitrogens with one attached hydrogen (secondary N) is 1. The predicted molar refractivity (Wildman–Crippen MR) is 105 cm³/mol. The Balaban J connectivity index is 1.68. The van der Waals surface area contributed by atoms with Crippen molar-refractivity contribution in [3.8, 4) is 5.75 Å². The van der Waals surface area contributed by atoms with Gasteiger partial charge in [0.25, 0.3) is 11.1 Å². The fourth-order valence-corrected chi connectivity index (χ4v) is 3.13. The molecule has 1 aliphatic heterocycles. The number of carbonyl (C=O) groups is 2. The molecule has 1 N–H and O–H groups in total. The summed E-state index contributed by atoms with van der Waals surface area (Å²) in [6.07, 6.45) is 1.78. The Morgan fingerprint density at radius 1 is 1.15 bits per heavy atom. The number of hydrogen-bond acceptors (Lipinski definition) is 4. The molecule has 134 valence electrons. The zero-order chi connectivity index (χ0) is 18.7. The van der Waals surface area contributed by atoms with E-state index in [4.69, 9.17) is 16.3 Å². The smallest absolute Gasteiger partial charge is 0.285 e. The van der Waals surface area contributed by atoms with Crippen LogP contribution in [0.1, 0.15) is 5.56 Å². The molecular weight excluding hydrogens is 372 g/mol. The third-order valence-corrected chi connectivity index (χ3v) is 4.94. The summed E-state index contributed by atoms with van der Waals surface area (Å²) in [6.45, 7) is 0.200. The van der Waals surface area contributed by atoms with Gasteiger partial charge < -0.3 is 15.0 Å². The molecule has 0 atom stereocenters. The summed E-state index contributed by atoms with van der Waals surface area (Å²) in [6, 6.07) is 12.4.